The van der Waals surface area contributed by atoms with Crippen molar-refractivity contribution in [1.82, 2.24) is 4.90 Å². The highest BCUT2D eigenvalue weighted by molar-refractivity contribution is 5.94. The minimum absolute atomic E-state index is 0.0920. The molecule has 0 heterocycles. The molecule has 0 saturated heterocycles. The Kier molecular flexibility index (Phi) is 6.19. The van der Waals surface area contributed by atoms with E-state index in [4.69, 9.17) is 10.00 Å². The molecule has 0 aromatic heterocycles. The second-order valence-corrected chi connectivity index (χ2v) is 5.08. The zero-order valence-corrected chi connectivity index (χ0v) is 13.2. The number of hydrogen-bond donors (Lipinski definition) is 0. The molecule has 0 aliphatic heterocycles. The SMILES string of the molecule is CCOc1cccc(C(=O)N(CCC#N)Cc2ccccc2)c1. The maximum atomic E-state index is 12.8. The maximum Gasteiger partial charge on any atom is 0.254 e. The van der Waals surface area contributed by atoms with Gasteiger partial charge in [-0.15, -0.1) is 0 Å². The van der Waals surface area contributed by atoms with E-state index in [9.17, 15) is 4.79 Å². The van der Waals surface area contributed by atoms with Gasteiger partial charge in [-0.2, -0.15) is 5.26 Å². The summed E-state index contributed by atoms with van der Waals surface area (Å²) in [5.41, 5.74) is 1.62. The third-order valence-corrected chi connectivity index (χ3v) is 3.39. The first-order valence-corrected chi connectivity index (χ1v) is 7.67. The van der Waals surface area contributed by atoms with E-state index < -0.39 is 0 Å². The van der Waals surface area contributed by atoms with Crippen LogP contribution in [0.25, 0.3) is 0 Å². The van der Waals surface area contributed by atoms with Gasteiger partial charge in [-0.3, -0.25) is 4.79 Å². The molecule has 0 radical (unpaired) electrons. The van der Waals surface area contributed by atoms with Gasteiger partial charge in [0.05, 0.1) is 19.1 Å². The van der Waals surface area contributed by atoms with Crippen LogP contribution in [0, 0.1) is 11.3 Å². The van der Waals surface area contributed by atoms with Gasteiger partial charge >= 0.3 is 0 Å². The van der Waals surface area contributed by atoms with Gasteiger partial charge in [0.15, 0.2) is 0 Å². The molecule has 0 unspecified atom stereocenters. The first kappa shape index (κ1) is 16.6. The standard InChI is InChI=1S/C19H20N2O2/c1-2-23-18-11-6-10-17(14-18)19(22)21(13-7-12-20)15-16-8-4-3-5-9-16/h3-6,8-11,14H,2,7,13,15H2,1H3. The molecule has 0 fully saturated rings. The number of carbonyl (C=O) groups excluding carboxylic acids is 1. The van der Waals surface area contributed by atoms with Gasteiger partial charge in [-0.05, 0) is 30.7 Å². The lowest BCUT2D eigenvalue weighted by Gasteiger charge is -2.22. The predicted octanol–water partition coefficient (Wildman–Crippen LogP) is 3.64. The van der Waals surface area contributed by atoms with Crippen LogP contribution in [0.4, 0.5) is 0 Å². The van der Waals surface area contributed by atoms with Crippen molar-refractivity contribution in [2.75, 3.05) is 13.2 Å². The monoisotopic (exact) mass is 308 g/mol. The van der Waals surface area contributed by atoms with Crippen molar-refractivity contribution >= 4 is 5.91 Å². The summed E-state index contributed by atoms with van der Waals surface area (Å²) in [6.07, 6.45) is 0.309. The lowest BCUT2D eigenvalue weighted by Crippen LogP contribution is -2.31. The summed E-state index contributed by atoms with van der Waals surface area (Å²) < 4.78 is 5.45. The molecule has 0 bridgehead atoms. The van der Waals surface area contributed by atoms with E-state index in [-0.39, 0.29) is 5.91 Å². The summed E-state index contributed by atoms with van der Waals surface area (Å²) >= 11 is 0. The predicted molar refractivity (Wildman–Crippen MR) is 89.0 cm³/mol. The van der Waals surface area contributed by atoms with E-state index in [1.54, 1.807) is 17.0 Å². The summed E-state index contributed by atoms with van der Waals surface area (Å²) in [5, 5.41) is 8.84. The van der Waals surface area contributed by atoms with Crippen LogP contribution in [0.2, 0.25) is 0 Å². The Morgan fingerprint density at radius 2 is 1.96 bits per heavy atom. The maximum absolute atomic E-state index is 12.8. The topological polar surface area (TPSA) is 53.3 Å². The Balaban J connectivity index is 2.19. The highest BCUT2D eigenvalue weighted by atomic mass is 16.5. The number of carbonyl (C=O) groups is 1. The number of ether oxygens (including phenoxy) is 1. The molecular formula is C19H20N2O2. The van der Waals surface area contributed by atoms with Crippen molar-refractivity contribution in [3.63, 3.8) is 0 Å². The molecule has 2 aromatic rings. The quantitative estimate of drug-likeness (QED) is 0.784. The Labute approximate surface area is 136 Å². The van der Waals surface area contributed by atoms with E-state index in [1.165, 1.54) is 0 Å². The molecule has 0 N–H and O–H groups in total. The second kappa shape index (κ2) is 8.60. The van der Waals surface area contributed by atoms with Gasteiger partial charge in [0.2, 0.25) is 0 Å². The number of hydrogen-bond acceptors (Lipinski definition) is 3. The highest BCUT2D eigenvalue weighted by Crippen LogP contribution is 2.16. The number of rotatable bonds is 7. The normalized spacial score (nSPS) is 9.91. The van der Waals surface area contributed by atoms with Crippen LogP contribution in [0.5, 0.6) is 5.75 Å². The van der Waals surface area contributed by atoms with Crippen molar-refractivity contribution in [2.45, 2.75) is 19.9 Å². The van der Waals surface area contributed by atoms with Crippen LogP contribution in [0.15, 0.2) is 54.6 Å². The van der Waals surface area contributed by atoms with Crippen molar-refractivity contribution in [2.24, 2.45) is 0 Å². The third kappa shape index (κ3) is 4.86. The molecule has 23 heavy (non-hydrogen) atoms. The summed E-state index contributed by atoms with van der Waals surface area (Å²) in [5.74, 6) is 0.587. The minimum atomic E-state index is -0.0920. The number of benzene rings is 2. The Morgan fingerprint density at radius 3 is 2.65 bits per heavy atom. The van der Waals surface area contributed by atoms with Crippen LogP contribution >= 0.6 is 0 Å². The zero-order valence-electron chi connectivity index (χ0n) is 13.2. The van der Waals surface area contributed by atoms with Gasteiger partial charge in [-0.1, -0.05) is 36.4 Å². The number of nitriles is 1. The molecule has 2 rings (SSSR count). The molecule has 0 aliphatic rings. The largest absolute Gasteiger partial charge is 0.494 e. The lowest BCUT2D eigenvalue weighted by atomic mass is 10.1. The van der Waals surface area contributed by atoms with Crippen molar-refractivity contribution in [1.29, 1.82) is 5.26 Å². The van der Waals surface area contributed by atoms with E-state index in [0.717, 1.165) is 5.56 Å². The molecule has 4 heteroatoms. The van der Waals surface area contributed by atoms with E-state index in [2.05, 4.69) is 6.07 Å². The Morgan fingerprint density at radius 1 is 1.17 bits per heavy atom. The Hall–Kier alpha value is -2.80. The molecule has 0 aliphatic carbocycles. The van der Waals surface area contributed by atoms with Gasteiger partial charge in [0.25, 0.3) is 5.91 Å². The van der Waals surface area contributed by atoms with Crippen molar-refractivity contribution in [3.05, 3.63) is 65.7 Å². The van der Waals surface area contributed by atoms with Gasteiger partial charge in [0, 0.05) is 18.7 Å². The molecule has 2 aromatic carbocycles. The van der Waals surface area contributed by atoms with E-state index >= 15 is 0 Å². The highest BCUT2D eigenvalue weighted by Gasteiger charge is 2.16. The summed E-state index contributed by atoms with van der Waals surface area (Å²) in [6, 6.07) is 19.0. The van der Waals surface area contributed by atoms with Gasteiger partial charge in [0.1, 0.15) is 5.75 Å². The first-order chi connectivity index (χ1) is 11.2. The molecule has 118 valence electrons. The minimum Gasteiger partial charge on any atom is -0.494 e. The molecule has 0 saturated carbocycles. The smallest absolute Gasteiger partial charge is 0.254 e. The van der Waals surface area contributed by atoms with Gasteiger partial charge < -0.3 is 9.64 Å². The Bertz CT molecular complexity index is 677. The zero-order chi connectivity index (χ0) is 16.5. The third-order valence-electron chi connectivity index (χ3n) is 3.39. The van der Waals surface area contributed by atoms with Crippen molar-refractivity contribution < 1.29 is 9.53 Å². The van der Waals surface area contributed by atoms with E-state index in [0.29, 0.717) is 37.4 Å². The fraction of sp³-hybridized carbons (Fsp3) is 0.263. The van der Waals surface area contributed by atoms with Crippen LogP contribution < -0.4 is 4.74 Å². The van der Waals surface area contributed by atoms with E-state index in [1.807, 2.05) is 49.4 Å². The molecule has 0 spiro atoms. The molecular weight excluding hydrogens is 288 g/mol. The number of nitrogens with zero attached hydrogens (tertiary/aromatic N) is 2. The fourth-order valence-corrected chi connectivity index (χ4v) is 2.31. The summed E-state index contributed by atoms with van der Waals surface area (Å²) in [7, 11) is 0. The summed E-state index contributed by atoms with van der Waals surface area (Å²) in [6.45, 7) is 3.35. The molecule has 4 nitrogen and oxygen atoms in total. The van der Waals surface area contributed by atoms with Gasteiger partial charge in [-0.25, -0.2) is 0 Å². The van der Waals surface area contributed by atoms with Crippen LogP contribution in [-0.2, 0) is 6.54 Å². The molecule has 1 amide bonds. The lowest BCUT2D eigenvalue weighted by molar-refractivity contribution is 0.0746. The molecule has 0 atom stereocenters. The number of amides is 1. The van der Waals surface area contributed by atoms with Crippen molar-refractivity contribution in [3.8, 4) is 11.8 Å². The second-order valence-electron chi connectivity index (χ2n) is 5.08. The average Bonchev–Trinajstić information content (AvgIpc) is 2.59. The average molecular weight is 308 g/mol. The fourth-order valence-electron chi connectivity index (χ4n) is 2.31. The first-order valence-electron chi connectivity index (χ1n) is 7.67. The van der Waals surface area contributed by atoms with Crippen LogP contribution in [0.1, 0.15) is 29.3 Å². The van der Waals surface area contributed by atoms with Crippen LogP contribution in [-0.4, -0.2) is 24.0 Å². The van der Waals surface area contributed by atoms with Crippen LogP contribution in [0.3, 0.4) is 0 Å². The summed E-state index contributed by atoms with van der Waals surface area (Å²) in [4.78, 5) is 14.5.